The van der Waals surface area contributed by atoms with Gasteiger partial charge in [-0.1, -0.05) is 23.7 Å². The fourth-order valence-corrected chi connectivity index (χ4v) is 4.19. The van der Waals surface area contributed by atoms with E-state index >= 15 is 0 Å². The third kappa shape index (κ3) is 4.49. The van der Waals surface area contributed by atoms with E-state index in [4.69, 9.17) is 11.6 Å². The number of nitrogens with zero attached hydrogens (tertiary/aromatic N) is 3. The van der Waals surface area contributed by atoms with Crippen LogP contribution in [0.2, 0.25) is 5.02 Å². The Morgan fingerprint density at radius 2 is 2.04 bits per heavy atom. The molecule has 3 aromatic rings. The minimum atomic E-state index is -3.66. The maximum absolute atomic E-state index is 12.5. The highest BCUT2D eigenvalue weighted by Crippen LogP contribution is 2.28. The number of benzene rings is 1. The number of rotatable bonds is 7. The predicted molar refractivity (Wildman–Crippen MR) is 101 cm³/mol. The molecule has 1 N–H and O–H groups in total. The lowest BCUT2D eigenvalue weighted by molar-refractivity contribution is 0.578. The highest BCUT2D eigenvalue weighted by Gasteiger charge is 2.18. The van der Waals surface area contributed by atoms with Crippen LogP contribution < -0.4 is 4.72 Å². The Morgan fingerprint density at radius 3 is 2.69 bits per heavy atom. The van der Waals surface area contributed by atoms with Gasteiger partial charge in [-0.15, -0.1) is 0 Å². The molecule has 2 heterocycles. The van der Waals surface area contributed by atoms with Crippen LogP contribution in [-0.2, 0) is 23.5 Å². The summed E-state index contributed by atoms with van der Waals surface area (Å²) in [7, 11) is -1.84. The third-order valence-electron chi connectivity index (χ3n) is 3.89. The Kier molecular flexibility index (Phi) is 5.70. The number of halogens is 1. The molecule has 1 aromatic carbocycles. The molecule has 0 aliphatic heterocycles. The van der Waals surface area contributed by atoms with E-state index in [2.05, 4.69) is 14.8 Å². The largest absolute Gasteiger partial charge is 0.275 e. The summed E-state index contributed by atoms with van der Waals surface area (Å²) in [5.41, 5.74) is 2.63. The molecule has 0 fully saturated rings. The first-order valence-corrected chi connectivity index (χ1v) is 10.00. The molecule has 0 saturated heterocycles. The molecule has 0 saturated carbocycles. The van der Waals surface area contributed by atoms with E-state index in [0.717, 1.165) is 16.8 Å². The average Bonchev–Trinajstić information content (AvgIpc) is 3.06. The van der Waals surface area contributed by atoms with Crippen molar-refractivity contribution in [3.63, 3.8) is 0 Å². The lowest BCUT2D eigenvalue weighted by atomic mass is 10.1. The molecule has 8 heteroatoms. The smallest absolute Gasteiger partial charge is 0.242 e. The summed E-state index contributed by atoms with van der Waals surface area (Å²) < 4.78 is 29.2. The van der Waals surface area contributed by atoms with Crippen molar-refractivity contribution in [1.82, 2.24) is 19.5 Å². The highest BCUT2D eigenvalue weighted by molar-refractivity contribution is 7.89. The lowest BCUT2D eigenvalue weighted by Gasteiger charge is -2.09. The summed E-state index contributed by atoms with van der Waals surface area (Å²) in [6.45, 7) is 0.319. The molecular weight excluding hydrogens is 372 g/mol. The number of aryl methyl sites for hydroxylation is 2. The van der Waals surface area contributed by atoms with Crippen molar-refractivity contribution < 1.29 is 8.42 Å². The standard InChI is InChI=1S/C18H19ClN4O2S/c1-23-13-15(12-21-23)14-7-8-18(17(19)11-14)26(24,25)22-10-4-6-16-5-2-3-9-20-16/h2-3,5,7-9,11-13,22H,4,6,10H2,1H3. The SMILES string of the molecule is Cn1cc(-c2ccc(S(=O)(=O)NCCCc3ccccn3)c(Cl)c2)cn1. The van der Waals surface area contributed by atoms with Crippen LogP contribution in [0.15, 0.2) is 59.9 Å². The van der Waals surface area contributed by atoms with Gasteiger partial charge in [0.15, 0.2) is 0 Å². The number of aromatic nitrogens is 3. The van der Waals surface area contributed by atoms with Crippen LogP contribution in [0.5, 0.6) is 0 Å². The van der Waals surface area contributed by atoms with Crippen LogP contribution in [0.3, 0.4) is 0 Å². The van der Waals surface area contributed by atoms with Crippen molar-refractivity contribution in [3.05, 3.63) is 65.7 Å². The quantitative estimate of drug-likeness (QED) is 0.629. The number of nitrogens with one attached hydrogen (secondary N) is 1. The minimum Gasteiger partial charge on any atom is -0.275 e. The summed E-state index contributed by atoms with van der Waals surface area (Å²) >= 11 is 6.22. The van der Waals surface area contributed by atoms with Gasteiger partial charge in [-0.25, -0.2) is 13.1 Å². The Bertz CT molecular complexity index is 987. The molecule has 2 aromatic heterocycles. The molecule has 0 spiro atoms. The summed E-state index contributed by atoms with van der Waals surface area (Å²) in [6, 6.07) is 10.6. The maximum Gasteiger partial charge on any atom is 0.242 e. The van der Waals surface area contributed by atoms with Crippen LogP contribution in [0.4, 0.5) is 0 Å². The van der Waals surface area contributed by atoms with Crippen molar-refractivity contribution in [1.29, 1.82) is 0 Å². The number of sulfonamides is 1. The lowest BCUT2D eigenvalue weighted by Crippen LogP contribution is -2.25. The van der Waals surface area contributed by atoms with Crippen molar-refractivity contribution >= 4 is 21.6 Å². The summed E-state index contributed by atoms with van der Waals surface area (Å²) in [4.78, 5) is 4.29. The fourth-order valence-electron chi connectivity index (χ4n) is 2.57. The molecule has 0 amide bonds. The second-order valence-electron chi connectivity index (χ2n) is 5.87. The average molecular weight is 391 g/mol. The van der Waals surface area contributed by atoms with Crippen LogP contribution in [0.25, 0.3) is 11.1 Å². The van der Waals surface area contributed by atoms with E-state index in [0.29, 0.717) is 19.4 Å². The molecule has 136 valence electrons. The van der Waals surface area contributed by atoms with Crippen molar-refractivity contribution in [3.8, 4) is 11.1 Å². The number of hydrogen-bond acceptors (Lipinski definition) is 4. The number of hydrogen-bond donors (Lipinski definition) is 1. The topological polar surface area (TPSA) is 76.9 Å². The van der Waals surface area contributed by atoms with Crippen LogP contribution in [0.1, 0.15) is 12.1 Å². The Balaban J connectivity index is 1.65. The summed E-state index contributed by atoms with van der Waals surface area (Å²) in [5.74, 6) is 0. The molecule has 26 heavy (non-hydrogen) atoms. The molecular formula is C18H19ClN4O2S. The normalized spacial score (nSPS) is 11.6. The summed E-state index contributed by atoms with van der Waals surface area (Å²) in [6.07, 6.45) is 6.63. The summed E-state index contributed by atoms with van der Waals surface area (Å²) in [5, 5.41) is 4.29. The van der Waals surface area contributed by atoms with Crippen molar-refractivity contribution in [2.24, 2.45) is 7.05 Å². The first-order chi connectivity index (χ1) is 12.5. The molecule has 0 bridgehead atoms. The van der Waals surface area contributed by atoms with Gasteiger partial charge in [0.1, 0.15) is 4.90 Å². The Hall–Kier alpha value is -2.22. The van der Waals surface area contributed by atoms with Crippen LogP contribution >= 0.6 is 11.6 Å². The second-order valence-corrected chi connectivity index (χ2v) is 8.01. The molecule has 0 aliphatic rings. The zero-order valence-corrected chi connectivity index (χ0v) is 15.8. The molecule has 0 radical (unpaired) electrons. The van der Waals surface area contributed by atoms with Crippen molar-refractivity contribution in [2.45, 2.75) is 17.7 Å². The van der Waals surface area contributed by atoms with E-state index in [9.17, 15) is 8.42 Å². The van der Waals surface area contributed by atoms with E-state index in [1.54, 1.807) is 29.2 Å². The molecule has 6 nitrogen and oxygen atoms in total. The van der Waals surface area contributed by atoms with E-state index in [1.807, 2.05) is 31.4 Å². The Morgan fingerprint density at radius 1 is 1.19 bits per heavy atom. The van der Waals surface area contributed by atoms with Gasteiger partial charge in [-0.2, -0.15) is 5.10 Å². The fraction of sp³-hybridized carbons (Fsp3) is 0.222. The van der Waals surface area contributed by atoms with Crippen LogP contribution in [0, 0.1) is 0 Å². The van der Waals surface area contributed by atoms with Gasteiger partial charge < -0.3 is 0 Å². The van der Waals surface area contributed by atoms with Crippen LogP contribution in [-0.4, -0.2) is 29.7 Å². The van der Waals surface area contributed by atoms with Gasteiger partial charge in [0.2, 0.25) is 10.0 Å². The third-order valence-corrected chi connectivity index (χ3v) is 5.83. The molecule has 0 atom stereocenters. The van der Waals surface area contributed by atoms with Gasteiger partial charge in [-0.05, 0) is 42.7 Å². The van der Waals surface area contributed by atoms with E-state index < -0.39 is 10.0 Å². The second kappa shape index (κ2) is 7.99. The van der Waals surface area contributed by atoms with E-state index in [-0.39, 0.29) is 9.92 Å². The van der Waals surface area contributed by atoms with Gasteiger partial charge in [0.05, 0.1) is 11.2 Å². The van der Waals surface area contributed by atoms with Gasteiger partial charge in [0.25, 0.3) is 0 Å². The van der Waals surface area contributed by atoms with Gasteiger partial charge in [-0.3, -0.25) is 9.67 Å². The first-order valence-electron chi connectivity index (χ1n) is 8.14. The molecule has 0 aliphatic carbocycles. The van der Waals surface area contributed by atoms with Gasteiger partial charge in [0, 0.05) is 37.2 Å². The highest BCUT2D eigenvalue weighted by atomic mass is 35.5. The van der Waals surface area contributed by atoms with Gasteiger partial charge >= 0.3 is 0 Å². The monoisotopic (exact) mass is 390 g/mol. The van der Waals surface area contributed by atoms with E-state index in [1.165, 1.54) is 6.07 Å². The maximum atomic E-state index is 12.5. The first kappa shape index (κ1) is 18.6. The zero-order valence-electron chi connectivity index (χ0n) is 14.3. The molecule has 3 rings (SSSR count). The Labute approximate surface area is 157 Å². The molecule has 0 unspecified atom stereocenters. The predicted octanol–water partition coefficient (Wildman–Crippen LogP) is 3.05. The number of pyridine rings is 1. The van der Waals surface area contributed by atoms with Crippen molar-refractivity contribution in [2.75, 3.05) is 6.54 Å². The minimum absolute atomic E-state index is 0.0737. The zero-order chi connectivity index (χ0) is 18.6.